The van der Waals surface area contributed by atoms with Gasteiger partial charge in [0, 0.05) is 41.3 Å². The van der Waals surface area contributed by atoms with Crippen LogP contribution >= 0.6 is 0 Å². The number of anilines is 1. The van der Waals surface area contributed by atoms with Crippen LogP contribution in [-0.4, -0.2) is 34.1 Å². The molecule has 0 bridgehead atoms. The summed E-state index contributed by atoms with van der Waals surface area (Å²) in [5.41, 5.74) is 0.212. The zero-order valence-electron chi connectivity index (χ0n) is 13.8. The zero-order chi connectivity index (χ0) is 16.9. The lowest BCUT2D eigenvalue weighted by molar-refractivity contribution is -0.183. The number of carbonyl (C=O) groups excluding carboxylic acids is 2. The molecule has 24 heavy (non-hydrogen) atoms. The van der Waals surface area contributed by atoms with Gasteiger partial charge < -0.3 is 15.3 Å². The first-order valence-corrected chi connectivity index (χ1v) is 8.67. The topological polar surface area (TPSA) is 69.6 Å². The molecular formula is C19H22N2O3. The van der Waals surface area contributed by atoms with Crippen LogP contribution in [0.15, 0.2) is 30.3 Å². The summed E-state index contributed by atoms with van der Waals surface area (Å²) < 4.78 is 0. The third-order valence-electron chi connectivity index (χ3n) is 6.08. The van der Waals surface area contributed by atoms with Gasteiger partial charge in [0.05, 0.1) is 0 Å². The molecule has 0 unspecified atom stereocenters. The fraction of sp³-hybridized carbons (Fsp3) is 0.474. The maximum absolute atomic E-state index is 12.6. The van der Waals surface area contributed by atoms with E-state index in [1.54, 1.807) is 11.0 Å². The second-order valence-electron chi connectivity index (χ2n) is 7.05. The van der Waals surface area contributed by atoms with Gasteiger partial charge in [-0.1, -0.05) is 25.1 Å². The smallest absolute Gasteiger partial charge is 0.249 e. The van der Waals surface area contributed by atoms with E-state index in [1.165, 1.54) is 0 Å². The zero-order valence-corrected chi connectivity index (χ0v) is 13.8. The highest BCUT2D eigenvalue weighted by Crippen LogP contribution is 2.57. The van der Waals surface area contributed by atoms with Crippen molar-refractivity contribution in [2.45, 2.75) is 44.8 Å². The summed E-state index contributed by atoms with van der Waals surface area (Å²) in [6, 6.07) is 7.42. The molecule has 1 aromatic carbocycles. The largest absolute Gasteiger partial charge is 0.366 e. The highest BCUT2D eigenvalue weighted by Gasteiger charge is 2.61. The molecule has 2 atom stereocenters. The SMILES string of the molecule is CC[C@]12CCCN3C(=O)C=C(c4ccccc4NC(=O)CC1)[C@@]32O. The average molecular weight is 326 g/mol. The Labute approximate surface area is 141 Å². The van der Waals surface area contributed by atoms with Crippen LogP contribution in [0.1, 0.15) is 44.6 Å². The van der Waals surface area contributed by atoms with Gasteiger partial charge in [0.1, 0.15) is 0 Å². The predicted molar refractivity (Wildman–Crippen MR) is 90.9 cm³/mol. The molecule has 3 heterocycles. The summed E-state index contributed by atoms with van der Waals surface area (Å²) in [6.45, 7) is 2.60. The summed E-state index contributed by atoms with van der Waals surface area (Å²) in [7, 11) is 0. The van der Waals surface area contributed by atoms with Crippen molar-refractivity contribution in [1.82, 2.24) is 4.90 Å². The summed E-state index contributed by atoms with van der Waals surface area (Å²) in [6.07, 6.45) is 4.87. The number of benzene rings is 1. The van der Waals surface area contributed by atoms with E-state index < -0.39 is 11.1 Å². The average Bonchev–Trinajstić information content (AvgIpc) is 2.86. The second kappa shape index (κ2) is 5.18. The molecule has 3 aliphatic rings. The van der Waals surface area contributed by atoms with Crippen LogP contribution < -0.4 is 5.32 Å². The number of rotatable bonds is 1. The lowest BCUT2D eigenvalue weighted by atomic mass is 9.63. The van der Waals surface area contributed by atoms with E-state index in [0.29, 0.717) is 30.6 Å². The van der Waals surface area contributed by atoms with Crippen molar-refractivity contribution in [3.05, 3.63) is 35.9 Å². The fourth-order valence-electron chi connectivity index (χ4n) is 4.76. The normalized spacial score (nSPS) is 32.1. The van der Waals surface area contributed by atoms with Crippen molar-refractivity contribution in [1.29, 1.82) is 0 Å². The molecule has 1 fully saturated rings. The first-order chi connectivity index (χ1) is 11.5. The van der Waals surface area contributed by atoms with Gasteiger partial charge >= 0.3 is 0 Å². The van der Waals surface area contributed by atoms with Gasteiger partial charge in [0.25, 0.3) is 0 Å². The van der Waals surface area contributed by atoms with Crippen molar-refractivity contribution in [3.8, 4) is 0 Å². The minimum Gasteiger partial charge on any atom is -0.366 e. The van der Waals surface area contributed by atoms with E-state index in [0.717, 1.165) is 24.8 Å². The van der Waals surface area contributed by atoms with Crippen LogP contribution in [0.3, 0.4) is 0 Å². The van der Waals surface area contributed by atoms with Crippen molar-refractivity contribution < 1.29 is 14.7 Å². The quantitative estimate of drug-likeness (QED) is 0.833. The number of para-hydroxylation sites is 1. The van der Waals surface area contributed by atoms with Crippen molar-refractivity contribution in [2.24, 2.45) is 5.41 Å². The Morgan fingerprint density at radius 1 is 1.25 bits per heavy atom. The van der Waals surface area contributed by atoms with E-state index in [-0.39, 0.29) is 11.8 Å². The Kier molecular flexibility index (Phi) is 3.32. The molecule has 5 nitrogen and oxygen atoms in total. The predicted octanol–water partition coefficient (Wildman–Crippen LogP) is 2.52. The van der Waals surface area contributed by atoms with E-state index >= 15 is 0 Å². The third-order valence-corrected chi connectivity index (χ3v) is 6.08. The number of nitrogens with zero attached hydrogens (tertiary/aromatic N) is 1. The first-order valence-electron chi connectivity index (χ1n) is 8.67. The standard InChI is InChI=1S/C19H22N2O3/c1-2-18-9-5-11-21-17(23)12-14(19(18,21)24)13-6-3-4-7-15(13)20-16(22)8-10-18/h3-4,6-7,12,24H,2,5,8-11H2,1H3,(H,20,22)/t18-,19-/m0/s1. The molecule has 2 amide bonds. The highest BCUT2D eigenvalue weighted by atomic mass is 16.3. The molecule has 0 aromatic heterocycles. The van der Waals surface area contributed by atoms with E-state index in [9.17, 15) is 14.7 Å². The van der Waals surface area contributed by atoms with E-state index in [4.69, 9.17) is 0 Å². The van der Waals surface area contributed by atoms with Crippen LogP contribution in [0.5, 0.6) is 0 Å². The van der Waals surface area contributed by atoms with Gasteiger partial charge in [-0.05, 0) is 31.7 Å². The number of hydrogen-bond donors (Lipinski definition) is 2. The molecule has 0 spiro atoms. The fourth-order valence-corrected chi connectivity index (χ4v) is 4.76. The monoisotopic (exact) mass is 326 g/mol. The van der Waals surface area contributed by atoms with Gasteiger partial charge in [-0.25, -0.2) is 0 Å². The van der Waals surface area contributed by atoms with Gasteiger partial charge in [0.2, 0.25) is 11.8 Å². The molecule has 5 heteroatoms. The van der Waals surface area contributed by atoms with Gasteiger partial charge in [-0.2, -0.15) is 0 Å². The minimum absolute atomic E-state index is 0.0390. The van der Waals surface area contributed by atoms with Crippen molar-refractivity contribution >= 4 is 23.1 Å². The van der Waals surface area contributed by atoms with Gasteiger partial charge in [-0.15, -0.1) is 0 Å². The maximum atomic E-state index is 12.6. The maximum Gasteiger partial charge on any atom is 0.249 e. The number of hydrogen-bond acceptors (Lipinski definition) is 3. The van der Waals surface area contributed by atoms with Crippen LogP contribution in [0, 0.1) is 5.41 Å². The van der Waals surface area contributed by atoms with Crippen LogP contribution in [0.25, 0.3) is 5.57 Å². The summed E-state index contributed by atoms with van der Waals surface area (Å²) in [5, 5.41) is 14.8. The van der Waals surface area contributed by atoms with Crippen molar-refractivity contribution in [2.75, 3.05) is 11.9 Å². The summed E-state index contributed by atoms with van der Waals surface area (Å²) >= 11 is 0. The number of carbonyl (C=O) groups is 2. The Morgan fingerprint density at radius 3 is 2.83 bits per heavy atom. The molecule has 1 saturated heterocycles. The van der Waals surface area contributed by atoms with Gasteiger partial charge in [0.15, 0.2) is 5.72 Å². The first kappa shape index (κ1) is 15.4. The molecule has 1 aromatic rings. The Morgan fingerprint density at radius 2 is 2.04 bits per heavy atom. The Bertz CT molecular complexity index is 757. The number of fused-ring (bicyclic) bond motifs is 2. The van der Waals surface area contributed by atoms with E-state index in [2.05, 4.69) is 5.32 Å². The van der Waals surface area contributed by atoms with Crippen molar-refractivity contribution in [3.63, 3.8) is 0 Å². The number of aliphatic hydroxyl groups is 1. The Balaban J connectivity index is 1.99. The third kappa shape index (κ3) is 1.85. The van der Waals surface area contributed by atoms with Crippen LogP contribution in [0.4, 0.5) is 5.69 Å². The Hall–Kier alpha value is -2.14. The number of amides is 2. The summed E-state index contributed by atoms with van der Waals surface area (Å²) in [4.78, 5) is 26.6. The molecular weight excluding hydrogens is 304 g/mol. The highest BCUT2D eigenvalue weighted by molar-refractivity contribution is 6.06. The lowest BCUT2D eigenvalue weighted by Gasteiger charge is -2.54. The molecule has 0 radical (unpaired) electrons. The van der Waals surface area contributed by atoms with Crippen LogP contribution in [0.2, 0.25) is 0 Å². The number of nitrogens with one attached hydrogen (secondary N) is 1. The van der Waals surface area contributed by atoms with E-state index in [1.807, 2.05) is 31.2 Å². The summed E-state index contributed by atoms with van der Waals surface area (Å²) in [5.74, 6) is -0.172. The van der Waals surface area contributed by atoms with Gasteiger partial charge in [-0.3, -0.25) is 9.59 Å². The molecule has 2 N–H and O–H groups in total. The molecule has 0 aliphatic carbocycles. The molecule has 4 rings (SSSR count). The molecule has 3 aliphatic heterocycles. The van der Waals surface area contributed by atoms with Crippen LogP contribution in [-0.2, 0) is 9.59 Å². The lowest BCUT2D eigenvalue weighted by Crippen LogP contribution is -2.62. The minimum atomic E-state index is -1.33. The molecule has 126 valence electrons. The second-order valence-corrected chi connectivity index (χ2v) is 7.05. The number of piperidine rings is 1. The molecule has 0 saturated carbocycles.